The highest BCUT2D eigenvalue weighted by Gasteiger charge is 2.16. The molecular weight excluding hydrogens is 188 g/mol. The molecule has 0 saturated carbocycles. The first-order valence-corrected chi connectivity index (χ1v) is 9.28. The van der Waals surface area contributed by atoms with Crippen LogP contribution in [0.15, 0.2) is 11.8 Å². The molecule has 2 heteroatoms. The Balaban J connectivity index is 3.97. The van der Waals surface area contributed by atoms with Crippen LogP contribution in [0.5, 0.6) is 0 Å². The van der Waals surface area contributed by atoms with Gasteiger partial charge >= 0.3 is 0 Å². The number of rotatable bonds is 7. The van der Waals surface area contributed by atoms with Crippen LogP contribution in [0.25, 0.3) is 0 Å². The van der Waals surface area contributed by atoms with E-state index in [4.69, 9.17) is 4.43 Å². The van der Waals surface area contributed by atoms with Gasteiger partial charge in [-0.3, -0.25) is 0 Å². The summed E-state index contributed by atoms with van der Waals surface area (Å²) >= 11 is 0. The molecule has 1 nitrogen and oxygen atoms in total. The van der Waals surface area contributed by atoms with E-state index in [0.717, 1.165) is 12.8 Å². The van der Waals surface area contributed by atoms with Crippen molar-refractivity contribution in [2.75, 3.05) is 0 Å². The Morgan fingerprint density at radius 2 is 1.79 bits per heavy atom. The molecule has 0 heterocycles. The van der Waals surface area contributed by atoms with Crippen molar-refractivity contribution < 1.29 is 4.43 Å². The molecule has 0 aromatic heterocycles. The Hall–Kier alpha value is -0.243. The van der Waals surface area contributed by atoms with Crippen LogP contribution in [0.4, 0.5) is 0 Å². The molecule has 0 atom stereocenters. The summed E-state index contributed by atoms with van der Waals surface area (Å²) in [4.78, 5) is 0. The molecule has 0 aliphatic rings. The first kappa shape index (κ1) is 13.8. The summed E-state index contributed by atoms with van der Waals surface area (Å²) in [7, 11) is -1.39. The van der Waals surface area contributed by atoms with Crippen molar-refractivity contribution in [3.8, 4) is 0 Å². The van der Waals surface area contributed by atoms with Gasteiger partial charge < -0.3 is 4.43 Å². The van der Waals surface area contributed by atoms with E-state index in [0.29, 0.717) is 0 Å². The van der Waals surface area contributed by atoms with Gasteiger partial charge in [0.2, 0.25) is 8.32 Å². The third-order valence-corrected chi connectivity index (χ3v) is 2.77. The van der Waals surface area contributed by atoms with E-state index in [2.05, 4.69) is 39.6 Å². The van der Waals surface area contributed by atoms with Crippen LogP contribution in [-0.4, -0.2) is 8.32 Å². The Labute approximate surface area is 90.7 Å². The van der Waals surface area contributed by atoms with Crippen molar-refractivity contribution in [3.05, 3.63) is 11.8 Å². The predicted molar refractivity (Wildman–Crippen MR) is 66.9 cm³/mol. The third kappa shape index (κ3) is 8.36. The van der Waals surface area contributed by atoms with Crippen LogP contribution in [0.1, 0.15) is 46.0 Å². The largest absolute Gasteiger partial charge is 0.548 e. The molecule has 0 fully saturated rings. The lowest BCUT2D eigenvalue weighted by Gasteiger charge is -2.22. The second-order valence-corrected chi connectivity index (χ2v) is 9.18. The minimum absolute atomic E-state index is 1.09. The maximum absolute atomic E-state index is 6.02. The van der Waals surface area contributed by atoms with Crippen LogP contribution in [0, 0.1) is 0 Å². The molecule has 0 radical (unpaired) electrons. The molecule has 0 aliphatic carbocycles. The fraction of sp³-hybridized carbons (Fsp3) is 0.833. The van der Waals surface area contributed by atoms with Gasteiger partial charge in [0.25, 0.3) is 0 Å². The molecule has 0 N–H and O–H groups in total. The highest BCUT2D eigenvalue weighted by molar-refractivity contribution is 6.70. The highest BCUT2D eigenvalue weighted by Crippen LogP contribution is 2.17. The van der Waals surface area contributed by atoms with E-state index in [1.165, 1.54) is 25.0 Å². The van der Waals surface area contributed by atoms with Crippen molar-refractivity contribution in [3.63, 3.8) is 0 Å². The minimum atomic E-state index is -1.39. The summed E-state index contributed by atoms with van der Waals surface area (Å²) < 4.78 is 6.02. The Bertz CT molecular complexity index is 168. The Kier molecular flexibility index (Phi) is 6.98. The Morgan fingerprint density at radius 1 is 1.14 bits per heavy atom. The monoisotopic (exact) mass is 214 g/mol. The van der Waals surface area contributed by atoms with Gasteiger partial charge in [-0.05, 0) is 38.6 Å². The van der Waals surface area contributed by atoms with Gasteiger partial charge in [0, 0.05) is 6.42 Å². The topological polar surface area (TPSA) is 9.23 Å². The average Bonchev–Trinajstić information content (AvgIpc) is 2.02. The smallest absolute Gasteiger partial charge is 0.241 e. The number of hydrogen-bond donors (Lipinski definition) is 0. The lowest BCUT2D eigenvalue weighted by atomic mass is 10.2. The Morgan fingerprint density at radius 3 is 2.21 bits per heavy atom. The van der Waals surface area contributed by atoms with Gasteiger partial charge in [-0.2, -0.15) is 0 Å². The first-order chi connectivity index (χ1) is 6.49. The van der Waals surface area contributed by atoms with E-state index in [-0.39, 0.29) is 0 Å². The van der Waals surface area contributed by atoms with E-state index in [1.807, 2.05) is 0 Å². The molecule has 0 aromatic carbocycles. The van der Waals surface area contributed by atoms with Gasteiger partial charge in [0.15, 0.2) is 0 Å². The van der Waals surface area contributed by atoms with Gasteiger partial charge in [0.1, 0.15) is 0 Å². The summed E-state index contributed by atoms with van der Waals surface area (Å²) in [5, 5.41) is 0. The molecular formula is C12H26OSi. The molecule has 0 amide bonds. The molecule has 0 rings (SSSR count). The number of allylic oxidation sites excluding steroid dienone is 2. The van der Waals surface area contributed by atoms with Gasteiger partial charge in [-0.25, -0.2) is 0 Å². The van der Waals surface area contributed by atoms with E-state index < -0.39 is 8.32 Å². The molecule has 0 spiro atoms. The van der Waals surface area contributed by atoms with Crippen molar-refractivity contribution in [1.29, 1.82) is 0 Å². The standard InChI is InChI=1S/C12H26OSi/c1-6-8-9-11-12(10-7-2)13-14(3,4)5/h10H,6-9,11H2,1-5H3/b12-10+. The lowest BCUT2D eigenvalue weighted by Crippen LogP contribution is -2.24. The van der Waals surface area contributed by atoms with Crippen LogP contribution in [0.3, 0.4) is 0 Å². The van der Waals surface area contributed by atoms with Gasteiger partial charge in [-0.1, -0.05) is 26.7 Å². The van der Waals surface area contributed by atoms with Gasteiger partial charge in [0.05, 0.1) is 5.76 Å². The first-order valence-electron chi connectivity index (χ1n) is 5.87. The molecule has 0 bridgehead atoms. The lowest BCUT2D eigenvalue weighted by molar-refractivity contribution is 0.390. The second kappa shape index (κ2) is 7.10. The van der Waals surface area contributed by atoms with Crippen molar-refractivity contribution in [2.45, 2.75) is 65.6 Å². The quantitative estimate of drug-likeness (QED) is 0.339. The normalized spacial score (nSPS) is 13.1. The summed E-state index contributed by atoms with van der Waals surface area (Å²) in [6.45, 7) is 11.2. The third-order valence-electron chi connectivity index (χ3n) is 1.90. The van der Waals surface area contributed by atoms with Crippen LogP contribution < -0.4 is 0 Å². The van der Waals surface area contributed by atoms with Crippen molar-refractivity contribution in [2.24, 2.45) is 0 Å². The molecule has 14 heavy (non-hydrogen) atoms. The summed E-state index contributed by atoms with van der Waals surface area (Å²) in [5.41, 5.74) is 0. The second-order valence-electron chi connectivity index (χ2n) is 4.75. The minimum Gasteiger partial charge on any atom is -0.548 e. The predicted octanol–water partition coefficient (Wildman–Crippen LogP) is 4.71. The zero-order valence-corrected chi connectivity index (χ0v) is 11.5. The zero-order valence-electron chi connectivity index (χ0n) is 10.5. The van der Waals surface area contributed by atoms with Crippen LogP contribution in [-0.2, 0) is 4.43 Å². The number of hydrogen-bond acceptors (Lipinski definition) is 1. The SMILES string of the molecule is CC/C=C(\CCCCC)O[Si](C)(C)C. The van der Waals surface area contributed by atoms with Crippen LogP contribution >= 0.6 is 0 Å². The van der Waals surface area contributed by atoms with E-state index in [9.17, 15) is 0 Å². The number of unbranched alkanes of at least 4 members (excludes halogenated alkanes) is 2. The molecule has 0 saturated heterocycles. The fourth-order valence-electron chi connectivity index (χ4n) is 1.36. The zero-order chi connectivity index (χ0) is 11.0. The van der Waals surface area contributed by atoms with E-state index >= 15 is 0 Å². The average molecular weight is 214 g/mol. The summed E-state index contributed by atoms with van der Waals surface area (Å²) in [6, 6.07) is 0. The maximum atomic E-state index is 6.02. The summed E-state index contributed by atoms with van der Waals surface area (Å²) in [6.07, 6.45) is 8.33. The molecule has 0 aliphatic heterocycles. The van der Waals surface area contributed by atoms with E-state index in [1.54, 1.807) is 0 Å². The maximum Gasteiger partial charge on any atom is 0.241 e. The molecule has 0 unspecified atom stereocenters. The van der Waals surface area contributed by atoms with Crippen molar-refractivity contribution in [1.82, 2.24) is 0 Å². The van der Waals surface area contributed by atoms with Crippen molar-refractivity contribution >= 4 is 8.32 Å². The fourth-order valence-corrected chi connectivity index (χ4v) is 2.34. The molecule has 0 aromatic rings. The van der Waals surface area contributed by atoms with Crippen LogP contribution in [0.2, 0.25) is 19.6 Å². The summed E-state index contributed by atoms with van der Waals surface area (Å²) in [5.74, 6) is 1.24. The highest BCUT2D eigenvalue weighted by atomic mass is 28.4. The van der Waals surface area contributed by atoms with Gasteiger partial charge in [-0.15, -0.1) is 0 Å². The molecule has 84 valence electrons.